The van der Waals surface area contributed by atoms with Gasteiger partial charge in [-0.1, -0.05) is 30.3 Å². The summed E-state index contributed by atoms with van der Waals surface area (Å²) in [4.78, 5) is 12.0. The van der Waals surface area contributed by atoms with E-state index in [4.69, 9.17) is 13.8 Å². The summed E-state index contributed by atoms with van der Waals surface area (Å²) < 4.78 is 26.9. The third-order valence-electron chi connectivity index (χ3n) is 2.83. The Morgan fingerprint density at radius 3 is 2.25 bits per heavy atom. The molecule has 0 fully saturated rings. The molecule has 1 aromatic rings. The van der Waals surface area contributed by atoms with Gasteiger partial charge in [0.05, 0.1) is 6.61 Å². The topological polar surface area (TPSA) is 82.1 Å². The number of carbonyl (C=O) groups excluding carboxylic acids is 1. The Kier molecular flexibility index (Phi) is 5.89. The molecular formula is C13H19O6P. The Morgan fingerprint density at radius 2 is 1.80 bits per heavy atom. The number of benzene rings is 1. The van der Waals surface area contributed by atoms with Crippen molar-refractivity contribution in [1.29, 1.82) is 0 Å². The molecule has 6 nitrogen and oxygen atoms in total. The van der Waals surface area contributed by atoms with Gasteiger partial charge in [0.1, 0.15) is 0 Å². The summed E-state index contributed by atoms with van der Waals surface area (Å²) in [6, 6.07) is 8.66. The zero-order valence-electron chi connectivity index (χ0n) is 11.7. The Morgan fingerprint density at radius 1 is 1.25 bits per heavy atom. The molecule has 0 aliphatic heterocycles. The molecule has 20 heavy (non-hydrogen) atoms. The molecule has 0 saturated heterocycles. The molecule has 0 amide bonds. The summed E-state index contributed by atoms with van der Waals surface area (Å²) in [7, 11) is -1.85. The summed E-state index contributed by atoms with van der Waals surface area (Å²) >= 11 is 0. The molecule has 0 heterocycles. The van der Waals surface area contributed by atoms with Crippen LogP contribution in [0.4, 0.5) is 0 Å². The number of hydrogen-bond donors (Lipinski definition) is 1. The molecule has 0 saturated carbocycles. The number of esters is 1. The molecule has 0 radical (unpaired) electrons. The third kappa shape index (κ3) is 3.27. The molecule has 1 rings (SSSR count). The fraction of sp³-hybridized carbons (Fsp3) is 0.462. The van der Waals surface area contributed by atoms with E-state index in [-0.39, 0.29) is 13.0 Å². The van der Waals surface area contributed by atoms with Gasteiger partial charge in [-0.05, 0) is 12.5 Å². The molecule has 112 valence electrons. The van der Waals surface area contributed by atoms with E-state index in [1.807, 2.05) is 0 Å². The average Bonchev–Trinajstić information content (AvgIpc) is 2.47. The molecule has 1 N–H and O–H groups in total. The van der Waals surface area contributed by atoms with Crippen molar-refractivity contribution < 1.29 is 28.3 Å². The van der Waals surface area contributed by atoms with Crippen LogP contribution in [0.5, 0.6) is 0 Å². The van der Waals surface area contributed by atoms with Crippen molar-refractivity contribution in [3.05, 3.63) is 35.9 Å². The van der Waals surface area contributed by atoms with Crippen LogP contribution in [0.25, 0.3) is 0 Å². The van der Waals surface area contributed by atoms with Gasteiger partial charge < -0.3 is 18.9 Å². The van der Waals surface area contributed by atoms with E-state index in [1.54, 1.807) is 37.3 Å². The number of rotatable bonds is 7. The predicted octanol–water partition coefficient (Wildman–Crippen LogP) is 1.97. The standard InChI is InChI=1S/C13H19O6P/c1-4-19-12(14)13(15,20(16,17-2)18-3)10-11-8-6-5-7-9-11/h5-9,15H,4,10H2,1-3H3. The number of carbonyl (C=O) groups is 1. The van der Waals surface area contributed by atoms with Crippen LogP contribution >= 0.6 is 7.60 Å². The smallest absolute Gasteiger partial charge is 0.373 e. The minimum absolute atomic E-state index is 0.0450. The second-order valence-corrected chi connectivity index (χ2v) is 6.53. The molecule has 0 aliphatic carbocycles. The van der Waals surface area contributed by atoms with Crippen molar-refractivity contribution in [2.45, 2.75) is 18.7 Å². The monoisotopic (exact) mass is 302 g/mol. The highest BCUT2D eigenvalue weighted by molar-refractivity contribution is 7.56. The third-order valence-corrected chi connectivity index (χ3v) is 5.04. The van der Waals surface area contributed by atoms with Crippen molar-refractivity contribution in [1.82, 2.24) is 0 Å². The maximum Gasteiger partial charge on any atom is 0.373 e. The van der Waals surface area contributed by atoms with E-state index in [0.717, 1.165) is 14.2 Å². The van der Waals surface area contributed by atoms with Gasteiger partial charge >= 0.3 is 13.6 Å². The maximum atomic E-state index is 12.5. The molecule has 0 spiro atoms. The summed E-state index contributed by atoms with van der Waals surface area (Å²) in [5, 5.41) is 8.21. The van der Waals surface area contributed by atoms with Crippen LogP contribution in [0.2, 0.25) is 0 Å². The van der Waals surface area contributed by atoms with Gasteiger partial charge in [-0.15, -0.1) is 0 Å². The molecular weight excluding hydrogens is 283 g/mol. The zero-order chi connectivity index (χ0) is 15.2. The van der Waals surface area contributed by atoms with Crippen LogP contribution in [0.3, 0.4) is 0 Å². The van der Waals surface area contributed by atoms with Gasteiger partial charge in [-0.3, -0.25) is 4.57 Å². The molecule has 1 atom stereocenters. The Hall–Kier alpha value is -1.20. The SMILES string of the molecule is CCOC(=O)C(O)(Cc1ccccc1)P(=O)(OC)OC. The van der Waals surface area contributed by atoms with Crippen LogP contribution in [-0.4, -0.2) is 37.2 Å². The van der Waals surface area contributed by atoms with Crippen molar-refractivity contribution in [2.24, 2.45) is 0 Å². The van der Waals surface area contributed by atoms with Gasteiger partial charge in [0, 0.05) is 20.6 Å². The number of ether oxygens (including phenoxy) is 1. The Balaban J connectivity index is 3.20. The van der Waals surface area contributed by atoms with Crippen molar-refractivity contribution in [3.63, 3.8) is 0 Å². The van der Waals surface area contributed by atoms with Crippen molar-refractivity contribution >= 4 is 13.6 Å². The first-order chi connectivity index (χ1) is 9.43. The van der Waals surface area contributed by atoms with E-state index >= 15 is 0 Å². The summed E-state index contributed by atoms with van der Waals surface area (Å²) in [5.41, 5.74) is 0.609. The highest BCUT2D eigenvalue weighted by atomic mass is 31.2. The van der Waals surface area contributed by atoms with Crippen LogP contribution < -0.4 is 0 Å². The van der Waals surface area contributed by atoms with Gasteiger partial charge in [-0.25, -0.2) is 4.79 Å². The average molecular weight is 302 g/mol. The van der Waals surface area contributed by atoms with E-state index < -0.39 is 18.9 Å². The molecule has 0 bridgehead atoms. The van der Waals surface area contributed by atoms with Crippen molar-refractivity contribution in [3.8, 4) is 0 Å². The normalized spacial score (nSPS) is 14.6. The highest BCUT2D eigenvalue weighted by Gasteiger charge is 2.56. The summed E-state index contributed by atoms with van der Waals surface area (Å²) in [6.07, 6.45) is -0.231. The number of hydrogen-bond acceptors (Lipinski definition) is 6. The number of aliphatic hydroxyl groups is 1. The second kappa shape index (κ2) is 6.99. The zero-order valence-corrected chi connectivity index (χ0v) is 12.6. The lowest BCUT2D eigenvalue weighted by atomic mass is 10.1. The van der Waals surface area contributed by atoms with Gasteiger partial charge in [-0.2, -0.15) is 0 Å². The predicted molar refractivity (Wildman–Crippen MR) is 73.4 cm³/mol. The van der Waals surface area contributed by atoms with Crippen LogP contribution in [0.15, 0.2) is 30.3 Å². The van der Waals surface area contributed by atoms with E-state index in [1.165, 1.54) is 0 Å². The molecule has 1 aromatic carbocycles. The quantitative estimate of drug-likeness (QED) is 0.612. The first-order valence-corrected chi connectivity index (χ1v) is 7.63. The second-order valence-electron chi connectivity index (χ2n) is 4.06. The van der Waals surface area contributed by atoms with Gasteiger partial charge in [0.15, 0.2) is 0 Å². The van der Waals surface area contributed by atoms with Crippen LogP contribution in [0.1, 0.15) is 12.5 Å². The van der Waals surface area contributed by atoms with E-state index in [9.17, 15) is 14.5 Å². The van der Waals surface area contributed by atoms with E-state index in [0.29, 0.717) is 5.56 Å². The van der Waals surface area contributed by atoms with Gasteiger partial charge in [0.2, 0.25) is 0 Å². The molecule has 7 heteroatoms. The first kappa shape index (κ1) is 16.9. The van der Waals surface area contributed by atoms with E-state index in [2.05, 4.69) is 0 Å². The summed E-state index contributed by atoms with van der Waals surface area (Å²) in [6.45, 7) is 1.63. The minimum atomic E-state index is -4.07. The Bertz CT molecular complexity index is 481. The lowest BCUT2D eigenvalue weighted by Crippen LogP contribution is -2.43. The minimum Gasteiger partial charge on any atom is -0.463 e. The molecule has 0 aromatic heterocycles. The lowest BCUT2D eigenvalue weighted by Gasteiger charge is -2.30. The van der Waals surface area contributed by atoms with Gasteiger partial charge in [0.25, 0.3) is 5.34 Å². The fourth-order valence-electron chi connectivity index (χ4n) is 1.78. The molecule has 0 aliphatic rings. The summed E-state index contributed by atoms with van der Waals surface area (Å²) in [5.74, 6) is -1.03. The Labute approximate surface area is 118 Å². The maximum absolute atomic E-state index is 12.5. The van der Waals surface area contributed by atoms with Crippen molar-refractivity contribution in [2.75, 3.05) is 20.8 Å². The highest BCUT2D eigenvalue weighted by Crippen LogP contribution is 2.59. The molecule has 1 unspecified atom stereocenters. The lowest BCUT2D eigenvalue weighted by molar-refractivity contribution is -0.158. The largest absolute Gasteiger partial charge is 0.463 e. The fourth-order valence-corrected chi connectivity index (χ4v) is 3.20. The van der Waals surface area contributed by atoms with Crippen LogP contribution in [-0.2, 0) is 29.6 Å². The van der Waals surface area contributed by atoms with Crippen LogP contribution in [0, 0.1) is 0 Å². The first-order valence-electron chi connectivity index (χ1n) is 6.08.